The van der Waals surface area contributed by atoms with E-state index < -0.39 is 0 Å². The molecule has 1 heterocycles. The van der Waals surface area contributed by atoms with Crippen LogP contribution in [0.3, 0.4) is 0 Å². The van der Waals surface area contributed by atoms with Gasteiger partial charge in [0, 0.05) is 23.4 Å². The Hall–Kier alpha value is -0.740. The summed E-state index contributed by atoms with van der Waals surface area (Å²) in [6.07, 6.45) is 2.25. The van der Waals surface area contributed by atoms with Gasteiger partial charge in [0.1, 0.15) is 5.75 Å². The highest BCUT2D eigenvalue weighted by Crippen LogP contribution is 2.20. The van der Waals surface area contributed by atoms with Crippen molar-refractivity contribution in [2.45, 2.75) is 12.8 Å². The van der Waals surface area contributed by atoms with Crippen LogP contribution in [-0.2, 0) is 4.79 Å². The van der Waals surface area contributed by atoms with Crippen LogP contribution in [0, 0.1) is 5.92 Å². The number of hydrogen-bond acceptors (Lipinski definition) is 2. The minimum atomic E-state index is 0.0469. The van der Waals surface area contributed by atoms with Crippen LogP contribution >= 0.6 is 27.5 Å². The zero-order valence-corrected chi connectivity index (χ0v) is 13.0. The van der Waals surface area contributed by atoms with E-state index in [0.29, 0.717) is 16.7 Å². The molecule has 3 nitrogen and oxygen atoms in total. The Kier molecular flexibility index (Phi) is 5.52. The van der Waals surface area contributed by atoms with E-state index in [2.05, 4.69) is 15.9 Å². The average Bonchev–Trinajstić information content (AvgIpc) is 2.45. The van der Waals surface area contributed by atoms with E-state index in [1.807, 2.05) is 11.0 Å². The monoisotopic (exact) mass is 345 g/mol. The average molecular weight is 347 g/mol. The SMILES string of the molecule is O=C(COc1cccc(Cl)c1)N1CCCC(CBr)C1. The second-order valence-corrected chi connectivity index (χ2v) is 5.83. The third-order valence-electron chi connectivity index (χ3n) is 3.25. The summed E-state index contributed by atoms with van der Waals surface area (Å²) in [5.41, 5.74) is 0. The van der Waals surface area contributed by atoms with Gasteiger partial charge in [0.05, 0.1) is 0 Å². The molecule has 5 heteroatoms. The summed E-state index contributed by atoms with van der Waals surface area (Å²) in [4.78, 5) is 14.0. The van der Waals surface area contributed by atoms with E-state index in [9.17, 15) is 4.79 Å². The normalized spacial score (nSPS) is 19.3. The van der Waals surface area contributed by atoms with Crippen LogP contribution < -0.4 is 4.74 Å². The number of piperidine rings is 1. The summed E-state index contributed by atoms with van der Waals surface area (Å²) >= 11 is 9.35. The zero-order valence-electron chi connectivity index (χ0n) is 10.6. The van der Waals surface area contributed by atoms with Crippen molar-refractivity contribution in [2.24, 2.45) is 5.92 Å². The Morgan fingerprint density at radius 3 is 3.11 bits per heavy atom. The second-order valence-electron chi connectivity index (χ2n) is 4.75. The molecule has 0 aliphatic carbocycles. The molecule has 0 bridgehead atoms. The smallest absolute Gasteiger partial charge is 0.260 e. The summed E-state index contributed by atoms with van der Waals surface area (Å²) in [5, 5.41) is 1.56. The molecule has 1 aromatic rings. The van der Waals surface area contributed by atoms with Gasteiger partial charge in [-0.3, -0.25) is 4.79 Å². The minimum absolute atomic E-state index is 0.0469. The highest BCUT2D eigenvalue weighted by atomic mass is 79.9. The molecular formula is C14H17BrClNO2. The summed E-state index contributed by atoms with van der Waals surface area (Å²) < 4.78 is 5.48. The van der Waals surface area contributed by atoms with Crippen molar-refractivity contribution < 1.29 is 9.53 Å². The fraction of sp³-hybridized carbons (Fsp3) is 0.500. The molecule has 19 heavy (non-hydrogen) atoms. The van der Waals surface area contributed by atoms with Crippen LogP contribution in [0.2, 0.25) is 5.02 Å². The first-order valence-electron chi connectivity index (χ1n) is 6.41. The number of benzene rings is 1. The van der Waals surface area contributed by atoms with E-state index in [4.69, 9.17) is 16.3 Å². The van der Waals surface area contributed by atoms with Crippen molar-refractivity contribution in [1.82, 2.24) is 4.90 Å². The number of ether oxygens (including phenoxy) is 1. The van der Waals surface area contributed by atoms with Gasteiger partial charge in [0.25, 0.3) is 5.91 Å². The Morgan fingerprint density at radius 2 is 2.37 bits per heavy atom. The molecule has 1 atom stereocenters. The van der Waals surface area contributed by atoms with Crippen LogP contribution in [0.1, 0.15) is 12.8 Å². The number of carbonyl (C=O) groups excluding carboxylic acids is 1. The van der Waals surface area contributed by atoms with Crippen molar-refractivity contribution in [3.8, 4) is 5.75 Å². The second kappa shape index (κ2) is 7.15. The lowest BCUT2D eigenvalue weighted by Gasteiger charge is -2.31. The van der Waals surface area contributed by atoms with Gasteiger partial charge < -0.3 is 9.64 Å². The maximum Gasteiger partial charge on any atom is 0.260 e. The van der Waals surface area contributed by atoms with Gasteiger partial charge in [-0.1, -0.05) is 33.6 Å². The fourth-order valence-electron chi connectivity index (χ4n) is 2.21. The largest absolute Gasteiger partial charge is 0.484 e. The lowest BCUT2D eigenvalue weighted by molar-refractivity contribution is -0.135. The number of rotatable bonds is 4. The predicted octanol–water partition coefficient (Wildman–Crippen LogP) is 3.35. The molecule has 1 aliphatic rings. The van der Waals surface area contributed by atoms with Gasteiger partial charge in [-0.15, -0.1) is 0 Å². The van der Waals surface area contributed by atoms with Crippen molar-refractivity contribution in [3.05, 3.63) is 29.3 Å². The molecule has 0 N–H and O–H groups in total. The van der Waals surface area contributed by atoms with E-state index in [-0.39, 0.29) is 12.5 Å². The van der Waals surface area contributed by atoms with Crippen LogP contribution in [0.5, 0.6) is 5.75 Å². The van der Waals surface area contributed by atoms with Crippen LogP contribution in [0.15, 0.2) is 24.3 Å². The molecule has 1 aliphatic heterocycles. The summed E-state index contributed by atoms with van der Waals surface area (Å²) in [6.45, 7) is 1.74. The quantitative estimate of drug-likeness (QED) is 0.783. The number of hydrogen-bond donors (Lipinski definition) is 0. The Labute approximate surface area is 127 Å². The van der Waals surface area contributed by atoms with Crippen molar-refractivity contribution in [1.29, 1.82) is 0 Å². The highest BCUT2D eigenvalue weighted by molar-refractivity contribution is 9.09. The minimum Gasteiger partial charge on any atom is -0.484 e. The molecule has 1 aromatic carbocycles. The molecule has 1 amide bonds. The third-order valence-corrected chi connectivity index (χ3v) is 4.40. The summed E-state index contributed by atoms with van der Waals surface area (Å²) in [5.74, 6) is 1.24. The number of amides is 1. The first-order valence-corrected chi connectivity index (χ1v) is 7.91. The molecule has 1 saturated heterocycles. The molecule has 104 valence electrons. The lowest BCUT2D eigenvalue weighted by atomic mass is 10.0. The highest BCUT2D eigenvalue weighted by Gasteiger charge is 2.23. The first-order chi connectivity index (χ1) is 9.19. The number of nitrogens with zero attached hydrogens (tertiary/aromatic N) is 1. The molecule has 0 spiro atoms. The molecule has 0 aromatic heterocycles. The fourth-order valence-corrected chi connectivity index (χ4v) is 2.92. The van der Waals surface area contributed by atoms with Gasteiger partial charge in [0.15, 0.2) is 6.61 Å². The van der Waals surface area contributed by atoms with Crippen LogP contribution in [0.25, 0.3) is 0 Å². The van der Waals surface area contributed by atoms with Crippen molar-refractivity contribution in [2.75, 3.05) is 25.0 Å². The van der Waals surface area contributed by atoms with Crippen molar-refractivity contribution >= 4 is 33.4 Å². The Balaban J connectivity index is 1.84. The maximum absolute atomic E-state index is 12.1. The van der Waals surface area contributed by atoms with Crippen LogP contribution in [0.4, 0.5) is 0 Å². The number of halogens is 2. The lowest BCUT2D eigenvalue weighted by Crippen LogP contribution is -2.42. The molecule has 0 radical (unpaired) electrons. The van der Waals surface area contributed by atoms with Gasteiger partial charge >= 0.3 is 0 Å². The third kappa shape index (κ3) is 4.39. The molecular weight excluding hydrogens is 330 g/mol. The first kappa shape index (κ1) is 14.7. The van der Waals surface area contributed by atoms with E-state index in [1.54, 1.807) is 18.2 Å². The molecule has 1 unspecified atom stereocenters. The predicted molar refractivity (Wildman–Crippen MR) is 80.0 cm³/mol. The molecule has 1 fully saturated rings. The summed E-state index contributed by atoms with van der Waals surface area (Å²) in [7, 11) is 0. The number of alkyl halides is 1. The topological polar surface area (TPSA) is 29.5 Å². The van der Waals surface area contributed by atoms with Crippen molar-refractivity contribution in [3.63, 3.8) is 0 Å². The van der Waals surface area contributed by atoms with E-state index in [1.165, 1.54) is 6.42 Å². The Morgan fingerprint density at radius 1 is 1.53 bits per heavy atom. The Bertz CT molecular complexity index is 441. The van der Waals surface area contributed by atoms with Crippen LogP contribution in [-0.4, -0.2) is 35.8 Å². The zero-order chi connectivity index (χ0) is 13.7. The van der Waals surface area contributed by atoms with Gasteiger partial charge in [-0.2, -0.15) is 0 Å². The summed E-state index contributed by atoms with van der Waals surface area (Å²) in [6, 6.07) is 7.11. The van der Waals surface area contributed by atoms with Gasteiger partial charge in [0.2, 0.25) is 0 Å². The van der Waals surface area contributed by atoms with E-state index in [0.717, 1.165) is 24.8 Å². The van der Waals surface area contributed by atoms with E-state index >= 15 is 0 Å². The number of carbonyl (C=O) groups is 1. The molecule has 2 rings (SSSR count). The van der Waals surface area contributed by atoms with Gasteiger partial charge in [-0.05, 0) is 37.0 Å². The number of likely N-dealkylation sites (tertiary alicyclic amines) is 1. The molecule has 0 saturated carbocycles. The standard InChI is InChI=1S/C14H17BrClNO2/c15-8-11-3-2-6-17(9-11)14(18)10-19-13-5-1-4-12(16)7-13/h1,4-5,7,11H,2-3,6,8-10H2. The van der Waals surface area contributed by atoms with Gasteiger partial charge in [-0.25, -0.2) is 0 Å². The maximum atomic E-state index is 12.1.